The van der Waals surface area contributed by atoms with Gasteiger partial charge in [0.1, 0.15) is 11.9 Å². The SMILES string of the molecule is COCc1nn2c(c1-c1ccc(Cl)cc1)NC(=O)C2CC(=O)Nc1cc(Cl)ccc1Cl. The molecule has 2 heterocycles. The minimum Gasteiger partial charge on any atom is -0.378 e. The lowest BCUT2D eigenvalue weighted by atomic mass is 10.1. The van der Waals surface area contributed by atoms with Crippen molar-refractivity contribution in [3.8, 4) is 11.1 Å². The number of nitrogens with one attached hydrogen (secondary N) is 2. The number of aromatic nitrogens is 2. The van der Waals surface area contributed by atoms with E-state index < -0.39 is 11.9 Å². The molecule has 0 saturated carbocycles. The summed E-state index contributed by atoms with van der Waals surface area (Å²) in [6.07, 6.45) is -0.129. The predicted octanol–water partition coefficient (Wildman–Crippen LogP) is 5.18. The molecule has 1 aromatic heterocycles. The molecule has 160 valence electrons. The van der Waals surface area contributed by atoms with E-state index in [0.29, 0.717) is 32.3 Å². The molecule has 2 amide bonds. The summed E-state index contributed by atoms with van der Waals surface area (Å²) in [7, 11) is 1.56. The molecule has 0 aliphatic carbocycles. The molecule has 0 saturated heterocycles. The smallest absolute Gasteiger partial charge is 0.251 e. The van der Waals surface area contributed by atoms with Crippen molar-refractivity contribution in [3.63, 3.8) is 0 Å². The summed E-state index contributed by atoms with van der Waals surface area (Å²) >= 11 is 18.1. The van der Waals surface area contributed by atoms with Gasteiger partial charge in [-0.3, -0.25) is 9.59 Å². The minimum absolute atomic E-state index is 0.129. The number of rotatable bonds is 6. The van der Waals surface area contributed by atoms with Gasteiger partial charge in [-0.1, -0.05) is 46.9 Å². The summed E-state index contributed by atoms with van der Waals surface area (Å²) in [5, 5.41) is 11.5. The number of halogens is 3. The summed E-state index contributed by atoms with van der Waals surface area (Å²) in [4.78, 5) is 25.3. The van der Waals surface area contributed by atoms with Crippen molar-refractivity contribution in [2.45, 2.75) is 19.1 Å². The van der Waals surface area contributed by atoms with Gasteiger partial charge < -0.3 is 15.4 Å². The number of carbonyl (C=O) groups excluding carboxylic acids is 2. The zero-order chi connectivity index (χ0) is 22.1. The first kappa shape index (κ1) is 21.6. The largest absolute Gasteiger partial charge is 0.378 e. The molecule has 2 aromatic carbocycles. The molecule has 3 aromatic rings. The van der Waals surface area contributed by atoms with E-state index in [0.717, 1.165) is 11.1 Å². The van der Waals surface area contributed by atoms with Crippen molar-refractivity contribution in [3.05, 3.63) is 63.2 Å². The molecule has 31 heavy (non-hydrogen) atoms. The maximum atomic E-state index is 12.7. The Kier molecular flexibility index (Phi) is 6.20. The molecule has 1 atom stereocenters. The lowest BCUT2D eigenvalue weighted by molar-refractivity contribution is -0.123. The number of fused-ring (bicyclic) bond motifs is 1. The number of ether oxygens (including phenoxy) is 1. The van der Waals surface area contributed by atoms with Crippen LogP contribution >= 0.6 is 34.8 Å². The standard InChI is InChI=1S/C21H17Cl3N4O3/c1-31-10-16-19(11-2-4-12(22)5-3-11)20-26-21(30)17(28(20)27-16)9-18(29)25-15-8-13(23)6-7-14(15)24/h2-8,17H,9-10H2,1H3,(H,25,29)(H,26,30). The third-order valence-electron chi connectivity index (χ3n) is 4.82. The molecule has 2 N–H and O–H groups in total. The van der Waals surface area contributed by atoms with E-state index in [4.69, 9.17) is 39.5 Å². The first-order chi connectivity index (χ1) is 14.9. The van der Waals surface area contributed by atoms with Gasteiger partial charge in [-0.25, -0.2) is 4.68 Å². The van der Waals surface area contributed by atoms with Gasteiger partial charge in [-0.05, 0) is 35.9 Å². The molecular weight excluding hydrogens is 463 g/mol. The first-order valence-electron chi connectivity index (χ1n) is 9.29. The molecule has 10 heteroatoms. The second-order valence-electron chi connectivity index (χ2n) is 6.94. The van der Waals surface area contributed by atoms with Gasteiger partial charge in [0.2, 0.25) is 5.91 Å². The number of carbonyl (C=O) groups is 2. The van der Waals surface area contributed by atoms with Crippen LogP contribution < -0.4 is 10.6 Å². The lowest BCUT2D eigenvalue weighted by Crippen LogP contribution is -2.24. The van der Waals surface area contributed by atoms with Gasteiger partial charge in [0.25, 0.3) is 5.91 Å². The topological polar surface area (TPSA) is 85.2 Å². The molecule has 1 aliphatic rings. The minimum atomic E-state index is -0.815. The number of anilines is 2. The molecule has 0 bridgehead atoms. The second-order valence-corrected chi connectivity index (χ2v) is 8.22. The van der Waals surface area contributed by atoms with E-state index in [-0.39, 0.29) is 18.9 Å². The summed E-state index contributed by atoms with van der Waals surface area (Å²) in [5.41, 5.74) is 2.57. The summed E-state index contributed by atoms with van der Waals surface area (Å²) in [6, 6.07) is 11.1. The molecule has 0 spiro atoms. The van der Waals surface area contributed by atoms with Crippen molar-refractivity contribution in [2.75, 3.05) is 17.7 Å². The van der Waals surface area contributed by atoms with Crippen LogP contribution in [0.5, 0.6) is 0 Å². The molecule has 0 fully saturated rings. The van der Waals surface area contributed by atoms with Crippen LogP contribution in [0, 0.1) is 0 Å². The Morgan fingerprint density at radius 1 is 1.16 bits per heavy atom. The van der Waals surface area contributed by atoms with E-state index in [9.17, 15) is 9.59 Å². The van der Waals surface area contributed by atoms with Gasteiger partial charge in [-0.15, -0.1) is 0 Å². The van der Waals surface area contributed by atoms with Crippen LogP contribution in [0.2, 0.25) is 15.1 Å². The van der Waals surface area contributed by atoms with E-state index >= 15 is 0 Å². The number of amides is 2. The molecule has 4 rings (SSSR count). The third kappa shape index (κ3) is 4.41. The number of hydrogen-bond donors (Lipinski definition) is 2. The van der Waals surface area contributed by atoms with Crippen molar-refractivity contribution < 1.29 is 14.3 Å². The average Bonchev–Trinajstić information content (AvgIpc) is 3.21. The Balaban J connectivity index is 1.63. The molecular formula is C21H17Cl3N4O3. The van der Waals surface area contributed by atoms with Gasteiger partial charge in [-0.2, -0.15) is 5.10 Å². The van der Waals surface area contributed by atoms with E-state index in [1.165, 1.54) is 4.68 Å². The zero-order valence-corrected chi connectivity index (χ0v) is 18.6. The highest BCUT2D eigenvalue weighted by Gasteiger charge is 2.37. The van der Waals surface area contributed by atoms with Crippen LogP contribution in [0.25, 0.3) is 11.1 Å². The van der Waals surface area contributed by atoms with Gasteiger partial charge in [0, 0.05) is 22.7 Å². The summed E-state index contributed by atoms with van der Waals surface area (Å²) < 4.78 is 6.80. The lowest BCUT2D eigenvalue weighted by Gasteiger charge is -2.11. The number of hydrogen-bond acceptors (Lipinski definition) is 4. The maximum absolute atomic E-state index is 12.7. The Hall–Kier alpha value is -2.58. The first-order valence-corrected chi connectivity index (χ1v) is 10.4. The normalized spacial score (nSPS) is 15.0. The predicted molar refractivity (Wildman–Crippen MR) is 121 cm³/mol. The highest BCUT2D eigenvalue weighted by Crippen LogP contribution is 2.39. The van der Waals surface area contributed by atoms with Crippen LogP contribution in [0.15, 0.2) is 42.5 Å². The number of methoxy groups -OCH3 is 1. The summed E-state index contributed by atoms with van der Waals surface area (Å²) in [5.74, 6) is -0.207. The Labute approximate surface area is 193 Å². The fourth-order valence-electron chi connectivity index (χ4n) is 3.44. The van der Waals surface area contributed by atoms with Crippen LogP contribution in [0.3, 0.4) is 0 Å². The van der Waals surface area contributed by atoms with E-state index in [2.05, 4.69) is 15.7 Å². The number of benzene rings is 2. The van der Waals surface area contributed by atoms with Gasteiger partial charge in [0.05, 0.1) is 29.4 Å². The second kappa shape index (κ2) is 8.88. The molecule has 1 unspecified atom stereocenters. The van der Waals surface area contributed by atoms with Crippen molar-refractivity contribution in [1.29, 1.82) is 0 Å². The van der Waals surface area contributed by atoms with Gasteiger partial charge >= 0.3 is 0 Å². The van der Waals surface area contributed by atoms with Crippen LogP contribution in [-0.2, 0) is 20.9 Å². The van der Waals surface area contributed by atoms with Crippen molar-refractivity contribution in [2.24, 2.45) is 0 Å². The third-order valence-corrected chi connectivity index (χ3v) is 5.63. The van der Waals surface area contributed by atoms with Crippen molar-refractivity contribution in [1.82, 2.24) is 9.78 Å². The van der Waals surface area contributed by atoms with Crippen LogP contribution in [0.1, 0.15) is 18.2 Å². The monoisotopic (exact) mass is 478 g/mol. The molecule has 1 aliphatic heterocycles. The number of nitrogens with zero attached hydrogens (tertiary/aromatic N) is 2. The summed E-state index contributed by atoms with van der Waals surface area (Å²) in [6.45, 7) is 0.241. The fourth-order valence-corrected chi connectivity index (χ4v) is 3.91. The molecule has 0 radical (unpaired) electrons. The quantitative estimate of drug-likeness (QED) is 0.510. The zero-order valence-electron chi connectivity index (χ0n) is 16.3. The van der Waals surface area contributed by atoms with Gasteiger partial charge in [0.15, 0.2) is 0 Å². The molecule has 7 nitrogen and oxygen atoms in total. The highest BCUT2D eigenvalue weighted by molar-refractivity contribution is 6.35. The van der Waals surface area contributed by atoms with E-state index in [1.807, 2.05) is 12.1 Å². The van der Waals surface area contributed by atoms with Crippen LogP contribution in [-0.4, -0.2) is 28.7 Å². The average molecular weight is 480 g/mol. The maximum Gasteiger partial charge on any atom is 0.251 e. The van der Waals surface area contributed by atoms with Crippen LogP contribution in [0.4, 0.5) is 11.5 Å². The Morgan fingerprint density at radius 2 is 1.87 bits per heavy atom. The van der Waals surface area contributed by atoms with E-state index in [1.54, 1.807) is 37.4 Å². The Bertz CT molecular complexity index is 1160. The Morgan fingerprint density at radius 3 is 2.58 bits per heavy atom. The highest BCUT2D eigenvalue weighted by atomic mass is 35.5. The van der Waals surface area contributed by atoms with Crippen molar-refractivity contribution >= 4 is 58.1 Å². The fraction of sp³-hybridized carbons (Fsp3) is 0.190.